The lowest BCUT2D eigenvalue weighted by Crippen LogP contribution is -2.20. The van der Waals surface area contributed by atoms with Crippen molar-refractivity contribution in [2.24, 2.45) is 0 Å². The van der Waals surface area contributed by atoms with Gasteiger partial charge in [-0.05, 0) is 0 Å². The predicted molar refractivity (Wildman–Crippen MR) is 41.0 cm³/mol. The molecule has 68 valence electrons. The van der Waals surface area contributed by atoms with Gasteiger partial charge in [0.15, 0.2) is 5.43 Å². The first-order valence-corrected chi connectivity index (χ1v) is 3.22. The minimum atomic E-state index is -1.56. The van der Waals surface area contributed by atoms with Crippen molar-refractivity contribution in [1.82, 2.24) is 4.98 Å². The number of H-pyrrole nitrogens is 1. The highest BCUT2D eigenvalue weighted by atomic mass is 16.4. The SMILES string of the molecule is O=C(O)c1[nH]ccc(=O)c1C(=O)O. The summed E-state index contributed by atoms with van der Waals surface area (Å²) in [5.41, 5.74) is -2.20. The average Bonchev–Trinajstić information content (AvgIpc) is 2.02. The van der Waals surface area contributed by atoms with Crippen molar-refractivity contribution in [2.45, 2.75) is 0 Å². The van der Waals surface area contributed by atoms with Crippen molar-refractivity contribution in [3.05, 3.63) is 33.7 Å². The fourth-order valence-corrected chi connectivity index (χ4v) is 0.860. The number of rotatable bonds is 2. The van der Waals surface area contributed by atoms with Crippen LogP contribution < -0.4 is 5.43 Å². The van der Waals surface area contributed by atoms with Gasteiger partial charge in [0, 0.05) is 12.3 Å². The minimum Gasteiger partial charge on any atom is -0.477 e. The van der Waals surface area contributed by atoms with Gasteiger partial charge < -0.3 is 15.2 Å². The Kier molecular flexibility index (Phi) is 2.14. The third-order valence-corrected chi connectivity index (χ3v) is 1.39. The van der Waals surface area contributed by atoms with Crippen molar-refractivity contribution >= 4 is 11.9 Å². The largest absolute Gasteiger partial charge is 0.477 e. The lowest BCUT2D eigenvalue weighted by molar-refractivity contribution is 0.0645. The Bertz CT molecular complexity index is 419. The van der Waals surface area contributed by atoms with Crippen LogP contribution in [0.1, 0.15) is 20.8 Å². The summed E-state index contributed by atoms with van der Waals surface area (Å²) in [6.45, 7) is 0. The van der Waals surface area contributed by atoms with Crippen molar-refractivity contribution in [1.29, 1.82) is 0 Å². The molecular formula is C7H5NO5. The van der Waals surface area contributed by atoms with Crippen LogP contribution in [0.25, 0.3) is 0 Å². The molecule has 6 heteroatoms. The van der Waals surface area contributed by atoms with Crippen molar-refractivity contribution in [3.63, 3.8) is 0 Å². The molecule has 1 rings (SSSR count). The molecule has 0 saturated carbocycles. The first kappa shape index (κ1) is 8.98. The number of carbonyl (C=O) groups is 2. The van der Waals surface area contributed by atoms with E-state index in [-0.39, 0.29) is 0 Å². The molecule has 0 radical (unpaired) electrons. The zero-order valence-electron chi connectivity index (χ0n) is 6.27. The van der Waals surface area contributed by atoms with Crippen LogP contribution in [0.5, 0.6) is 0 Å². The summed E-state index contributed by atoms with van der Waals surface area (Å²) in [5.74, 6) is -3.03. The first-order valence-electron chi connectivity index (χ1n) is 3.22. The normalized spacial score (nSPS) is 9.54. The second kappa shape index (κ2) is 3.10. The molecule has 13 heavy (non-hydrogen) atoms. The van der Waals surface area contributed by atoms with Crippen LogP contribution in [0.15, 0.2) is 17.1 Å². The molecule has 0 saturated heterocycles. The number of carboxylic acids is 2. The third kappa shape index (κ3) is 1.56. The highest BCUT2D eigenvalue weighted by molar-refractivity contribution is 5.99. The number of hydrogen-bond donors (Lipinski definition) is 3. The molecule has 0 fully saturated rings. The van der Waals surface area contributed by atoms with E-state index in [1.165, 1.54) is 0 Å². The van der Waals surface area contributed by atoms with E-state index in [4.69, 9.17) is 10.2 Å². The van der Waals surface area contributed by atoms with Crippen LogP contribution in [0.3, 0.4) is 0 Å². The summed E-state index contributed by atoms with van der Waals surface area (Å²) in [7, 11) is 0. The van der Waals surface area contributed by atoms with E-state index in [0.717, 1.165) is 12.3 Å². The summed E-state index contributed by atoms with van der Waals surface area (Å²) in [4.78, 5) is 34.0. The van der Waals surface area contributed by atoms with Crippen LogP contribution in [-0.4, -0.2) is 27.1 Å². The van der Waals surface area contributed by atoms with Gasteiger partial charge in [-0.1, -0.05) is 0 Å². The summed E-state index contributed by atoms with van der Waals surface area (Å²) in [6.07, 6.45) is 1.08. The van der Waals surface area contributed by atoms with Crippen molar-refractivity contribution in [3.8, 4) is 0 Å². The maximum absolute atomic E-state index is 10.9. The van der Waals surface area contributed by atoms with Crippen LogP contribution in [0.4, 0.5) is 0 Å². The summed E-state index contributed by atoms with van der Waals surface area (Å²) in [6, 6.07) is 0.954. The number of pyridine rings is 1. The Balaban J connectivity index is 3.52. The van der Waals surface area contributed by atoms with Gasteiger partial charge in [0.2, 0.25) is 0 Å². The quantitative estimate of drug-likeness (QED) is 0.587. The number of carboxylic acid groups (broad SMARTS) is 2. The van der Waals surface area contributed by atoms with Crippen LogP contribution in [0.2, 0.25) is 0 Å². The maximum Gasteiger partial charge on any atom is 0.353 e. The Hall–Kier alpha value is -2.11. The van der Waals surface area contributed by atoms with E-state index in [0.29, 0.717) is 0 Å². The Morgan fingerprint density at radius 3 is 2.23 bits per heavy atom. The zero-order chi connectivity index (χ0) is 10.0. The second-order valence-corrected chi connectivity index (χ2v) is 2.20. The molecule has 0 bridgehead atoms. The monoisotopic (exact) mass is 183 g/mol. The standard InChI is InChI=1S/C7H5NO5/c9-3-1-2-8-5(7(12)13)4(3)6(10)11/h1-2H,(H,8,9)(H,10,11)(H,12,13). The number of aromatic nitrogens is 1. The topological polar surface area (TPSA) is 107 Å². The lowest BCUT2D eigenvalue weighted by Gasteiger charge is -1.98. The summed E-state index contributed by atoms with van der Waals surface area (Å²) < 4.78 is 0. The van der Waals surface area contributed by atoms with E-state index in [1.807, 2.05) is 0 Å². The molecule has 0 unspecified atom stereocenters. The molecule has 0 spiro atoms. The molecule has 0 aromatic carbocycles. The zero-order valence-corrected chi connectivity index (χ0v) is 6.27. The van der Waals surface area contributed by atoms with Gasteiger partial charge in [0.25, 0.3) is 0 Å². The fraction of sp³-hybridized carbons (Fsp3) is 0. The lowest BCUT2D eigenvalue weighted by atomic mass is 10.2. The molecule has 1 aromatic rings. The first-order chi connectivity index (χ1) is 6.04. The number of hydrogen-bond acceptors (Lipinski definition) is 3. The van der Waals surface area contributed by atoms with E-state index in [1.54, 1.807) is 0 Å². The summed E-state index contributed by atoms with van der Waals surface area (Å²) in [5, 5.41) is 17.0. The second-order valence-electron chi connectivity index (χ2n) is 2.20. The maximum atomic E-state index is 10.9. The average molecular weight is 183 g/mol. The van der Waals surface area contributed by atoms with Crippen LogP contribution >= 0.6 is 0 Å². The van der Waals surface area contributed by atoms with Crippen LogP contribution in [0, 0.1) is 0 Å². The molecule has 6 nitrogen and oxygen atoms in total. The third-order valence-electron chi connectivity index (χ3n) is 1.39. The molecular weight excluding hydrogens is 178 g/mol. The molecule has 0 aliphatic rings. The van der Waals surface area contributed by atoms with E-state index < -0.39 is 28.6 Å². The molecule has 0 atom stereocenters. The molecule has 0 aliphatic heterocycles. The van der Waals surface area contributed by atoms with Gasteiger partial charge in [0.05, 0.1) is 0 Å². The molecule has 1 aromatic heterocycles. The van der Waals surface area contributed by atoms with Gasteiger partial charge in [-0.2, -0.15) is 0 Å². The molecule has 3 N–H and O–H groups in total. The van der Waals surface area contributed by atoms with Crippen molar-refractivity contribution < 1.29 is 19.8 Å². The number of aromatic carboxylic acids is 2. The van der Waals surface area contributed by atoms with Gasteiger partial charge >= 0.3 is 11.9 Å². The van der Waals surface area contributed by atoms with Gasteiger partial charge in [-0.3, -0.25) is 4.79 Å². The molecule has 0 amide bonds. The fourth-order valence-electron chi connectivity index (χ4n) is 0.860. The van der Waals surface area contributed by atoms with E-state index in [9.17, 15) is 14.4 Å². The Labute approximate surface area is 71.5 Å². The van der Waals surface area contributed by atoms with Gasteiger partial charge in [0.1, 0.15) is 11.3 Å². The minimum absolute atomic E-state index is 0.611. The highest BCUT2D eigenvalue weighted by Gasteiger charge is 2.19. The smallest absolute Gasteiger partial charge is 0.353 e. The van der Waals surface area contributed by atoms with Crippen LogP contribution in [-0.2, 0) is 0 Å². The van der Waals surface area contributed by atoms with Crippen molar-refractivity contribution in [2.75, 3.05) is 0 Å². The van der Waals surface area contributed by atoms with E-state index >= 15 is 0 Å². The molecule has 1 heterocycles. The predicted octanol–water partition coefficient (Wildman–Crippen LogP) is -0.229. The number of nitrogens with one attached hydrogen (secondary N) is 1. The van der Waals surface area contributed by atoms with E-state index in [2.05, 4.69) is 4.98 Å². The summed E-state index contributed by atoms with van der Waals surface area (Å²) >= 11 is 0. The Morgan fingerprint density at radius 2 is 1.85 bits per heavy atom. The molecule has 0 aliphatic carbocycles. The number of aromatic amines is 1. The Morgan fingerprint density at radius 1 is 1.23 bits per heavy atom. The van der Waals surface area contributed by atoms with Gasteiger partial charge in [-0.15, -0.1) is 0 Å². The van der Waals surface area contributed by atoms with Gasteiger partial charge in [-0.25, -0.2) is 9.59 Å². The highest BCUT2D eigenvalue weighted by Crippen LogP contribution is 1.99.